The summed E-state index contributed by atoms with van der Waals surface area (Å²) in [5.41, 5.74) is 3.58. The molecule has 0 aliphatic heterocycles. The molecule has 0 atom stereocenters. The van der Waals surface area contributed by atoms with Crippen LogP contribution in [0.25, 0.3) is 22.4 Å². The number of para-hydroxylation sites is 3. The monoisotopic (exact) mass is 414 g/mol. The maximum absolute atomic E-state index is 12.1. The molecule has 156 valence electrons. The number of hydrogen-bond donors (Lipinski definition) is 2. The Labute approximate surface area is 179 Å². The number of carbonyl (C=O) groups excluding carboxylic acids is 2. The van der Waals surface area contributed by atoms with Gasteiger partial charge in [0.15, 0.2) is 6.61 Å². The van der Waals surface area contributed by atoms with Gasteiger partial charge in [-0.25, -0.2) is 4.98 Å². The van der Waals surface area contributed by atoms with E-state index in [-0.39, 0.29) is 25.0 Å². The van der Waals surface area contributed by atoms with Crippen LogP contribution in [0.2, 0.25) is 0 Å². The van der Waals surface area contributed by atoms with Crippen LogP contribution in [-0.4, -0.2) is 34.5 Å². The van der Waals surface area contributed by atoms with Gasteiger partial charge in [-0.1, -0.05) is 30.3 Å². The van der Waals surface area contributed by atoms with Crippen LogP contribution in [0.4, 0.5) is 5.69 Å². The average Bonchev–Trinajstić information content (AvgIpc) is 3.14. The van der Waals surface area contributed by atoms with Crippen LogP contribution in [0.5, 0.6) is 5.75 Å². The smallest absolute Gasteiger partial charge is 0.258 e. The first-order chi connectivity index (χ1) is 15.1. The fourth-order valence-electron chi connectivity index (χ4n) is 3.21. The fourth-order valence-corrected chi connectivity index (χ4v) is 3.21. The van der Waals surface area contributed by atoms with Crippen LogP contribution in [0.1, 0.15) is 0 Å². The number of hydrogen-bond acceptors (Lipinski definition) is 4. The van der Waals surface area contributed by atoms with Crippen molar-refractivity contribution in [2.75, 3.05) is 18.5 Å². The zero-order chi connectivity index (χ0) is 21.6. The van der Waals surface area contributed by atoms with Gasteiger partial charge in [-0.2, -0.15) is 0 Å². The van der Waals surface area contributed by atoms with Gasteiger partial charge in [-0.05, 0) is 48.5 Å². The molecule has 7 heteroatoms. The van der Waals surface area contributed by atoms with Gasteiger partial charge in [0.1, 0.15) is 11.6 Å². The van der Waals surface area contributed by atoms with Crippen LogP contribution < -0.4 is 15.4 Å². The van der Waals surface area contributed by atoms with Crippen molar-refractivity contribution in [2.45, 2.75) is 0 Å². The summed E-state index contributed by atoms with van der Waals surface area (Å²) in [6.45, 7) is -0.284. The maximum Gasteiger partial charge on any atom is 0.258 e. The first kappa shape index (κ1) is 20.2. The molecule has 0 saturated heterocycles. The number of benzene rings is 3. The highest BCUT2D eigenvalue weighted by Gasteiger charge is 2.10. The number of rotatable bonds is 7. The lowest BCUT2D eigenvalue weighted by atomic mass is 10.2. The minimum atomic E-state index is -0.365. The molecule has 3 aromatic carbocycles. The van der Waals surface area contributed by atoms with Gasteiger partial charge in [-0.15, -0.1) is 0 Å². The molecule has 1 heterocycles. The van der Waals surface area contributed by atoms with Crippen molar-refractivity contribution in [1.82, 2.24) is 14.9 Å². The molecule has 7 nitrogen and oxygen atoms in total. The second-order valence-corrected chi connectivity index (χ2v) is 6.99. The van der Waals surface area contributed by atoms with Crippen LogP contribution in [0.15, 0.2) is 78.9 Å². The van der Waals surface area contributed by atoms with Gasteiger partial charge in [0.05, 0.1) is 17.6 Å². The molecule has 0 bridgehead atoms. The summed E-state index contributed by atoms with van der Waals surface area (Å²) in [5, 5.41) is 5.31. The second kappa shape index (κ2) is 9.13. The van der Waals surface area contributed by atoms with Crippen molar-refractivity contribution in [2.24, 2.45) is 7.05 Å². The van der Waals surface area contributed by atoms with E-state index in [2.05, 4.69) is 15.6 Å². The zero-order valence-corrected chi connectivity index (χ0v) is 17.0. The Balaban J connectivity index is 1.30. The van der Waals surface area contributed by atoms with Gasteiger partial charge in [0.2, 0.25) is 5.91 Å². The molecule has 0 aliphatic rings. The molecule has 0 saturated carbocycles. The van der Waals surface area contributed by atoms with Crippen LogP contribution in [0.3, 0.4) is 0 Å². The van der Waals surface area contributed by atoms with E-state index in [4.69, 9.17) is 4.74 Å². The number of aromatic nitrogens is 2. The minimum Gasteiger partial charge on any atom is -0.484 e. The van der Waals surface area contributed by atoms with Gasteiger partial charge < -0.3 is 19.9 Å². The summed E-state index contributed by atoms with van der Waals surface area (Å²) in [7, 11) is 1.98. The number of nitrogens with zero attached hydrogens (tertiary/aromatic N) is 2. The molecule has 4 rings (SSSR count). The van der Waals surface area contributed by atoms with Crippen molar-refractivity contribution < 1.29 is 14.3 Å². The Hall–Kier alpha value is -4.13. The Morgan fingerprint density at radius 2 is 1.61 bits per heavy atom. The Morgan fingerprint density at radius 1 is 0.903 bits per heavy atom. The molecule has 1 aromatic heterocycles. The number of aryl methyl sites for hydroxylation is 1. The Kier molecular flexibility index (Phi) is 5.93. The summed E-state index contributed by atoms with van der Waals surface area (Å²) >= 11 is 0. The molecule has 31 heavy (non-hydrogen) atoms. The third-order valence-corrected chi connectivity index (χ3v) is 4.77. The van der Waals surface area contributed by atoms with Crippen LogP contribution in [-0.2, 0) is 16.6 Å². The SMILES string of the molecule is Cn1c(-c2ccc(NC(=O)CNC(=O)COc3ccccc3)cc2)nc2ccccc21. The van der Waals surface area contributed by atoms with Crippen molar-refractivity contribution >= 4 is 28.5 Å². The molecule has 0 aliphatic carbocycles. The Bertz CT molecular complexity index is 1200. The molecular weight excluding hydrogens is 392 g/mol. The third kappa shape index (κ3) is 4.90. The highest BCUT2D eigenvalue weighted by Crippen LogP contribution is 2.24. The topological polar surface area (TPSA) is 85.2 Å². The summed E-state index contributed by atoms with van der Waals surface area (Å²) in [4.78, 5) is 28.7. The van der Waals surface area contributed by atoms with Crippen molar-refractivity contribution in [1.29, 1.82) is 0 Å². The first-order valence-corrected chi connectivity index (χ1v) is 9.86. The third-order valence-electron chi connectivity index (χ3n) is 4.77. The molecule has 0 fully saturated rings. The summed E-state index contributed by atoms with van der Waals surface area (Å²) < 4.78 is 7.39. The van der Waals surface area contributed by atoms with E-state index in [0.717, 1.165) is 22.4 Å². The highest BCUT2D eigenvalue weighted by molar-refractivity contribution is 5.95. The number of anilines is 1. The molecule has 2 amide bonds. The highest BCUT2D eigenvalue weighted by atomic mass is 16.5. The lowest BCUT2D eigenvalue weighted by Crippen LogP contribution is -2.35. The normalized spacial score (nSPS) is 10.6. The van der Waals surface area contributed by atoms with E-state index >= 15 is 0 Å². The minimum absolute atomic E-state index is 0.135. The zero-order valence-electron chi connectivity index (χ0n) is 17.0. The molecule has 2 N–H and O–H groups in total. The van der Waals surface area contributed by atoms with Crippen LogP contribution >= 0.6 is 0 Å². The predicted molar refractivity (Wildman–Crippen MR) is 120 cm³/mol. The van der Waals surface area contributed by atoms with E-state index in [0.29, 0.717) is 11.4 Å². The fraction of sp³-hybridized carbons (Fsp3) is 0.125. The van der Waals surface area contributed by atoms with Crippen LogP contribution in [0, 0.1) is 0 Å². The number of amides is 2. The van der Waals surface area contributed by atoms with Crippen molar-refractivity contribution in [3.63, 3.8) is 0 Å². The lowest BCUT2D eigenvalue weighted by Gasteiger charge is -2.09. The molecule has 4 aromatic rings. The van der Waals surface area contributed by atoms with E-state index in [1.165, 1.54) is 0 Å². The predicted octanol–water partition coefficient (Wildman–Crippen LogP) is 3.37. The standard InChI is InChI=1S/C24H22N4O3/c1-28-21-10-6-5-9-20(21)27-24(28)17-11-13-18(14-12-17)26-22(29)15-25-23(30)16-31-19-7-3-2-4-8-19/h2-14H,15-16H2,1H3,(H,25,30)(H,26,29). The van der Waals surface area contributed by atoms with E-state index in [1.54, 1.807) is 12.1 Å². The van der Waals surface area contributed by atoms with Crippen molar-refractivity contribution in [3.05, 3.63) is 78.9 Å². The summed E-state index contributed by atoms with van der Waals surface area (Å²) in [6, 6.07) is 24.4. The largest absolute Gasteiger partial charge is 0.484 e. The maximum atomic E-state index is 12.1. The molecule has 0 radical (unpaired) electrons. The number of ether oxygens (including phenoxy) is 1. The number of carbonyl (C=O) groups is 2. The average molecular weight is 414 g/mol. The quantitative estimate of drug-likeness (QED) is 0.486. The van der Waals surface area contributed by atoms with Crippen molar-refractivity contribution in [3.8, 4) is 17.1 Å². The second-order valence-electron chi connectivity index (χ2n) is 6.99. The van der Waals surface area contributed by atoms with E-state index in [9.17, 15) is 9.59 Å². The number of nitrogens with one attached hydrogen (secondary N) is 2. The number of fused-ring (bicyclic) bond motifs is 1. The number of imidazole rings is 1. The summed E-state index contributed by atoms with van der Waals surface area (Å²) in [6.07, 6.45) is 0. The van der Waals surface area contributed by atoms with Gasteiger partial charge in [0, 0.05) is 18.3 Å². The molecular formula is C24H22N4O3. The van der Waals surface area contributed by atoms with E-state index in [1.807, 2.05) is 78.3 Å². The first-order valence-electron chi connectivity index (χ1n) is 9.86. The Morgan fingerprint density at radius 3 is 2.35 bits per heavy atom. The lowest BCUT2D eigenvalue weighted by molar-refractivity contribution is -0.125. The van der Waals surface area contributed by atoms with Gasteiger partial charge >= 0.3 is 0 Å². The molecule has 0 unspecified atom stereocenters. The van der Waals surface area contributed by atoms with Gasteiger partial charge in [-0.3, -0.25) is 9.59 Å². The van der Waals surface area contributed by atoms with Gasteiger partial charge in [0.25, 0.3) is 5.91 Å². The molecule has 0 spiro atoms. The van der Waals surface area contributed by atoms with E-state index < -0.39 is 0 Å². The summed E-state index contributed by atoms with van der Waals surface area (Å²) in [5.74, 6) is 0.771.